The van der Waals surface area contributed by atoms with Crippen molar-refractivity contribution in [1.82, 2.24) is 10.2 Å². The zero-order valence-corrected chi connectivity index (χ0v) is 10.1. The maximum absolute atomic E-state index is 10.9. The number of nitrogens with zero attached hydrogens (tertiary/aromatic N) is 1. The summed E-state index contributed by atoms with van der Waals surface area (Å²) in [4.78, 5) is 13.4. The summed E-state index contributed by atoms with van der Waals surface area (Å²) in [5.74, 6) is -0.368. The largest absolute Gasteiger partial charge is 0.366 e. The summed E-state index contributed by atoms with van der Waals surface area (Å²) in [6.45, 7) is 6.31. The number of nitrogens with one attached hydrogen (secondary N) is 1. The van der Waals surface area contributed by atoms with E-state index in [9.17, 15) is 4.79 Å². The van der Waals surface area contributed by atoms with Gasteiger partial charge in [-0.2, -0.15) is 0 Å². The van der Waals surface area contributed by atoms with Crippen LogP contribution in [0, 0.1) is 0 Å². The SMILES string of the molecule is C[C@@H]1CN(Cc2ccc(C(N)=O)cc2)CCN1. The van der Waals surface area contributed by atoms with E-state index < -0.39 is 0 Å². The third-order valence-electron chi connectivity index (χ3n) is 3.10. The van der Waals surface area contributed by atoms with E-state index in [4.69, 9.17) is 5.73 Å². The number of nitrogens with two attached hydrogens (primary N) is 1. The Bertz CT molecular complexity index is 388. The average molecular weight is 233 g/mol. The highest BCUT2D eigenvalue weighted by Crippen LogP contribution is 2.09. The predicted octanol–water partition coefficient (Wildman–Crippen LogP) is 0.579. The Balaban J connectivity index is 1.96. The van der Waals surface area contributed by atoms with Crippen LogP contribution in [0.15, 0.2) is 24.3 Å². The van der Waals surface area contributed by atoms with Gasteiger partial charge in [0.05, 0.1) is 0 Å². The van der Waals surface area contributed by atoms with E-state index in [-0.39, 0.29) is 5.91 Å². The molecule has 1 heterocycles. The Morgan fingerprint density at radius 1 is 1.47 bits per heavy atom. The lowest BCUT2D eigenvalue weighted by Crippen LogP contribution is -2.48. The summed E-state index contributed by atoms with van der Waals surface area (Å²) in [6, 6.07) is 8.10. The van der Waals surface area contributed by atoms with Crippen LogP contribution in [0.1, 0.15) is 22.8 Å². The molecule has 0 radical (unpaired) electrons. The lowest BCUT2D eigenvalue weighted by Gasteiger charge is -2.31. The highest BCUT2D eigenvalue weighted by molar-refractivity contribution is 5.92. The van der Waals surface area contributed by atoms with Crippen LogP contribution in [0.2, 0.25) is 0 Å². The van der Waals surface area contributed by atoms with Gasteiger partial charge in [-0.1, -0.05) is 12.1 Å². The number of rotatable bonds is 3. The van der Waals surface area contributed by atoms with Crippen LogP contribution in [-0.4, -0.2) is 36.5 Å². The second-order valence-corrected chi connectivity index (χ2v) is 4.65. The molecular formula is C13H19N3O. The van der Waals surface area contributed by atoms with Gasteiger partial charge in [0.2, 0.25) is 5.91 Å². The molecular weight excluding hydrogens is 214 g/mol. The van der Waals surface area contributed by atoms with Gasteiger partial charge in [0, 0.05) is 37.8 Å². The van der Waals surface area contributed by atoms with Crippen LogP contribution < -0.4 is 11.1 Å². The maximum atomic E-state index is 10.9. The molecule has 0 saturated carbocycles. The summed E-state index contributed by atoms with van der Waals surface area (Å²) in [5, 5.41) is 3.42. The van der Waals surface area contributed by atoms with E-state index in [0.29, 0.717) is 11.6 Å². The van der Waals surface area contributed by atoms with Crippen molar-refractivity contribution in [2.24, 2.45) is 5.73 Å². The zero-order chi connectivity index (χ0) is 12.3. The molecule has 2 rings (SSSR count). The van der Waals surface area contributed by atoms with Crippen molar-refractivity contribution < 1.29 is 4.79 Å². The monoisotopic (exact) mass is 233 g/mol. The molecule has 1 aliphatic rings. The molecule has 1 fully saturated rings. The molecule has 1 atom stereocenters. The van der Waals surface area contributed by atoms with Gasteiger partial charge in [0.1, 0.15) is 0 Å². The molecule has 1 amide bonds. The van der Waals surface area contributed by atoms with Crippen molar-refractivity contribution in [2.75, 3.05) is 19.6 Å². The Hall–Kier alpha value is -1.39. The number of hydrogen-bond acceptors (Lipinski definition) is 3. The molecule has 3 N–H and O–H groups in total. The van der Waals surface area contributed by atoms with Gasteiger partial charge in [-0.05, 0) is 24.6 Å². The summed E-state index contributed by atoms with van der Waals surface area (Å²) >= 11 is 0. The van der Waals surface area contributed by atoms with Crippen molar-refractivity contribution in [3.05, 3.63) is 35.4 Å². The van der Waals surface area contributed by atoms with Gasteiger partial charge in [-0.15, -0.1) is 0 Å². The first kappa shape index (κ1) is 12.1. The van der Waals surface area contributed by atoms with Crippen LogP contribution >= 0.6 is 0 Å². The minimum absolute atomic E-state index is 0.368. The lowest BCUT2D eigenvalue weighted by atomic mass is 10.1. The van der Waals surface area contributed by atoms with Gasteiger partial charge in [-0.3, -0.25) is 9.69 Å². The molecule has 92 valence electrons. The molecule has 1 aliphatic heterocycles. The van der Waals surface area contributed by atoms with E-state index >= 15 is 0 Å². The normalized spacial score (nSPS) is 21.4. The van der Waals surface area contributed by atoms with Crippen LogP contribution in [0.25, 0.3) is 0 Å². The number of hydrogen-bond donors (Lipinski definition) is 2. The summed E-state index contributed by atoms with van der Waals surface area (Å²) in [5.41, 5.74) is 7.01. The highest BCUT2D eigenvalue weighted by Gasteiger charge is 2.15. The third-order valence-corrected chi connectivity index (χ3v) is 3.10. The Kier molecular flexibility index (Phi) is 3.76. The summed E-state index contributed by atoms with van der Waals surface area (Å²) < 4.78 is 0. The second-order valence-electron chi connectivity index (χ2n) is 4.65. The van der Waals surface area contributed by atoms with Crippen molar-refractivity contribution in [3.63, 3.8) is 0 Å². The lowest BCUT2D eigenvalue weighted by molar-refractivity contribution is 0.100. The quantitative estimate of drug-likeness (QED) is 0.803. The van der Waals surface area contributed by atoms with Gasteiger partial charge in [0.15, 0.2) is 0 Å². The standard InChI is InChI=1S/C13H19N3O/c1-10-8-16(7-6-15-10)9-11-2-4-12(5-3-11)13(14)17/h2-5,10,15H,6-9H2,1H3,(H2,14,17)/t10-/m1/s1. The first-order valence-corrected chi connectivity index (χ1v) is 5.99. The van der Waals surface area contributed by atoms with Crippen LogP contribution in [-0.2, 0) is 6.54 Å². The Morgan fingerprint density at radius 3 is 2.76 bits per heavy atom. The number of piperazine rings is 1. The molecule has 1 saturated heterocycles. The van der Waals surface area contributed by atoms with E-state index in [0.717, 1.165) is 26.2 Å². The molecule has 4 heteroatoms. The first-order valence-electron chi connectivity index (χ1n) is 5.99. The van der Waals surface area contributed by atoms with Crippen LogP contribution in [0.3, 0.4) is 0 Å². The van der Waals surface area contributed by atoms with Gasteiger partial charge in [-0.25, -0.2) is 0 Å². The molecule has 0 spiro atoms. The molecule has 0 aliphatic carbocycles. The first-order chi connectivity index (χ1) is 8.15. The van der Waals surface area contributed by atoms with E-state index in [2.05, 4.69) is 17.1 Å². The number of carbonyl (C=O) groups excluding carboxylic acids is 1. The second kappa shape index (κ2) is 5.29. The van der Waals surface area contributed by atoms with Crippen molar-refractivity contribution >= 4 is 5.91 Å². The topological polar surface area (TPSA) is 58.4 Å². The summed E-state index contributed by atoms with van der Waals surface area (Å²) in [6.07, 6.45) is 0. The minimum atomic E-state index is -0.368. The zero-order valence-electron chi connectivity index (χ0n) is 10.1. The maximum Gasteiger partial charge on any atom is 0.248 e. The summed E-state index contributed by atoms with van der Waals surface area (Å²) in [7, 11) is 0. The van der Waals surface area contributed by atoms with Gasteiger partial charge in [0.25, 0.3) is 0 Å². The van der Waals surface area contributed by atoms with Crippen molar-refractivity contribution in [2.45, 2.75) is 19.5 Å². The van der Waals surface area contributed by atoms with Crippen molar-refractivity contribution in [1.29, 1.82) is 0 Å². The van der Waals surface area contributed by atoms with Gasteiger partial charge >= 0.3 is 0 Å². The number of benzene rings is 1. The smallest absolute Gasteiger partial charge is 0.248 e. The molecule has 0 bridgehead atoms. The van der Waals surface area contributed by atoms with Crippen LogP contribution in [0.5, 0.6) is 0 Å². The molecule has 1 aromatic carbocycles. The number of primary amides is 1. The fourth-order valence-electron chi connectivity index (χ4n) is 2.19. The highest BCUT2D eigenvalue weighted by atomic mass is 16.1. The van der Waals surface area contributed by atoms with E-state index in [1.165, 1.54) is 5.56 Å². The number of carbonyl (C=O) groups is 1. The Labute approximate surface area is 102 Å². The molecule has 0 unspecified atom stereocenters. The number of amides is 1. The van der Waals surface area contributed by atoms with Gasteiger partial charge < -0.3 is 11.1 Å². The predicted molar refractivity (Wildman–Crippen MR) is 67.7 cm³/mol. The third kappa shape index (κ3) is 3.28. The Morgan fingerprint density at radius 2 is 2.18 bits per heavy atom. The molecule has 1 aromatic rings. The van der Waals surface area contributed by atoms with E-state index in [1.807, 2.05) is 12.1 Å². The van der Waals surface area contributed by atoms with E-state index in [1.54, 1.807) is 12.1 Å². The average Bonchev–Trinajstić information content (AvgIpc) is 2.29. The van der Waals surface area contributed by atoms with Crippen LogP contribution in [0.4, 0.5) is 0 Å². The molecule has 4 nitrogen and oxygen atoms in total. The minimum Gasteiger partial charge on any atom is -0.366 e. The molecule has 17 heavy (non-hydrogen) atoms. The molecule has 0 aromatic heterocycles. The fourth-order valence-corrected chi connectivity index (χ4v) is 2.19. The van der Waals surface area contributed by atoms with Crippen molar-refractivity contribution in [3.8, 4) is 0 Å². The fraction of sp³-hybridized carbons (Fsp3) is 0.462.